The molecule has 10 heteroatoms. The molecule has 0 aromatic heterocycles. The van der Waals surface area contributed by atoms with Crippen molar-refractivity contribution in [2.45, 2.75) is 238 Å². The second kappa shape index (κ2) is 56.1. The molecule has 2 atom stereocenters. The minimum Gasteiger partial charge on any atom is -0.462 e. The van der Waals surface area contributed by atoms with E-state index in [9.17, 15) is 19.0 Å². The molecule has 0 saturated heterocycles. The Hall–Kier alpha value is -3.59. The highest BCUT2D eigenvalue weighted by Crippen LogP contribution is 2.43. The van der Waals surface area contributed by atoms with Crippen molar-refractivity contribution >= 4 is 19.8 Å². The molecule has 0 aromatic carbocycles. The SMILES string of the molecule is CC/C=C\C/C=C\C/C=C\C/C=C\C/C=C\C/C=C\C/C=C\C/C=C\C/C=C\CCCCCCCCCC(=O)OC(COC(=O)CCCCCCCCC/C=C\CCCCCCCC)COP(=O)(O)OCC[N+](C)(C)C. The van der Waals surface area contributed by atoms with Crippen LogP contribution in [0, 0.1) is 0 Å². The summed E-state index contributed by atoms with van der Waals surface area (Å²) < 4.78 is 34.5. The molecular formula is C66H113NO8P+. The maximum Gasteiger partial charge on any atom is 0.472 e. The molecule has 0 aliphatic rings. The molecule has 0 aliphatic carbocycles. The largest absolute Gasteiger partial charge is 0.472 e. The van der Waals surface area contributed by atoms with Crippen molar-refractivity contribution in [2.75, 3.05) is 47.5 Å². The van der Waals surface area contributed by atoms with Gasteiger partial charge >= 0.3 is 19.8 Å². The van der Waals surface area contributed by atoms with Crippen LogP contribution in [0.5, 0.6) is 0 Å². The van der Waals surface area contributed by atoms with E-state index in [1.165, 1.54) is 83.5 Å². The van der Waals surface area contributed by atoms with Gasteiger partial charge < -0.3 is 18.9 Å². The number of rotatable bonds is 54. The van der Waals surface area contributed by atoms with E-state index in [2.05, 4.69) is 135 Å². The number of quaternary nitrogens is 1. The van der Waals surface area contributed by atoms with Crippen LogP contribution in [-0.2, 0) is 32.7 Å². The Labute approximate surface area is 467 Å². The highest BCUT2D eigenvalue weighted by molar-refractivity contribution is 7.47. The molecule has 2 unspecified atom stereocenters. The van der Waals surface area contributed by atoms with Gasteiger partial charge in [-0.1, -0.05) is 232 Å². The van der Waals surface area contributed by atoms with Crippen molar-refractivity contribution in [3.63, 3.8) is 0 Å². The first-order chi connectivity index (χ1) is 37.0. The van der Waals surface area contributed by atoms with Gasteiger partial charge in [-0.05, 0) is 109 Å². The number of likely N-dealkylation sites (N-methyl/N-ethyl adjacent to an activating group) is 1. The van der Waals surface area contributed by atoms with Gasteiger partial charge in [0.1, 0.15) is 19.8 Å². The highest BCUT2D eigenvalue weighted by atomic mass is 31.2. The summed E-state index contributed by atoms with van der Waals surface area (Å²) in [6.45, 7) is 4.29. The van der Waals surface area contributed by atoms with Crippen LogP contribution in [0.25, 0.3) is 0 Å². The van der Waals surface area contributed by atoms with E-state index in [0.29, 0.717) is 17.4 Å². The minimum absolute atomic E-state index is 0.0229. The average Bonchev–Trinajstić information content (AvgIpc) is 3.38. The molecule has 0 rings (SSSR count). The molecule has 0 amide bonds. The molecule has 0 heterocycles. The zero-order valence-electron chi connectivity index (χ0n) is 49.2. The Bertz CT molecular complexity index is 1700. The Morgan fingerprint density at radius 2 is 0.750 bits per heavy atom. The summed E-state index contributed by atoms with van der Waals surface area (Å²) >= 11 is 0. The predicted molar refractivity (Wildman–Crippen MR) is 325 cm³/mol. The van der Waals surface area contributed by atoms with E-state index >= 15 is 0 Å². The number of phosphoric ester groups is 1. The molecule has 0 aromatic rings. The van der Waals surface area contributed by atoms with Gasteiger partial charge in [0.2, 0.25) is 0 Å². The van der Waals surface area contributed by atoms with E-state index in [4.69, 9.17) is 18.5 Å². The zero-order valence-corrected chi connectivity index (χ0v) is 50.1. The lowest BCUT2D eigenvalue weighted by molar-refractivity contribution is -0.870. The fourth-order valence-corrected chi connectivity index (χ4v) is 8.57. The summed E-state index contributed by atoms with van der Waals surface area (Å²) in [4.78, 5) is 35.7. The van der Waals surface area contributed by atoms with Gasteiger partial charge in [0.15, 0.2) is 6.10 Å². The van der Waals surface area contributed by atoms with Crippen molar-refractivity contribution < 1.29 is 42.1 Å². The molecule has 0 radical (unpaired) electrons. The monoisotopic (exact) mass is 1080 g/mol. The van der Waals surface area contributed by atoms with Crippen molar-refractivity contribution in [3.8, 4) is 0 Å². The topological polar surface area (TPSA) is 108 Å². The molecule has 0 spiro atoms. The van der Waals surface area contributed by atoms with Gasteiger partial charge in [-0.15, -0.1) is 0 Å². The van der Waals surface area contributed by atoms with Crippen molar-refractivity contribution in [1.29, 1.82) is 0 Å². The number of unbranched alkanes of at least 4 members (excludes halogenated alkanes) is 20. The van der Waals surface area contributed by atoms with Crippen LogP contribution in [-0.4, -0.2) is 74.9 Å². The van der Waals surface area contributed by atoms with Crippen LogP contribution in [0.2, 0.25) is 0 Å². The average molecular weight is 1080 g/mol. The van der Waals surface area contributed by atoms with Gasteiger partial charge in [0.05, 0.1) is 27.7 Å². The molecule has 9 nitrogen and oxygen atoms in total. The third-order valence-electron chi connectivity index (χ3n) is 12.5. The molecule has 434 valence electrons. The number of phosphoric acid groups is 1. The van der Waals surface area contributed by atoms with E-state index in [1.807, 2.05) is 21.1 Å². The first-order valence-electron chi connectivity index (χ1n) is 30.3. The van der Waals surface area contributed by atoms with Crippen molar-refractivity contribution in [1.82, 2.24) is 0 Å². The lowest BCUT2D eigenvalue weighted by Gasteiger charge is -2.24. The third kappa shape index (κ3) is 59.7. The summed E-state index contributed by atoms with van der Waals surface area (Å²) in [5.74, 6) is -0.820. The van der Waals surface area contributed by atoms with Crippen LogP contribution in [0.3, 0.4) is 0 Å². The van der Waals surface area contributed by atoms with Crippen molar-refractivity contribution in [3.05, 3.63) is 122 Å². The highest BCUT2D eigenvalue weighted by Gasteiger charge is 2.27. The van der Waals surface area contributed by atoms with E-state index in [1.54, 1.807) is 0 Å². The Morgan fingerprint density at radius 1 is 0.421 bits per heavy atom. The lowest BCUT2D eigenvalue weighted by atomic mass is 10.1. The quantitative estimate of drug-likeness (QED) is 0.0211. The molecule has 0 bridgehead atoms. The Morgan fingerprint density at radius 3 is 1.13 bits per heavy atom. The Balaban J connectivity index is 4.19. The maximum atomic E-state index is 12.8. The van der Waals surface area contributed by atoms with Gasteiger partial charge in [-0.25, -0.2) is 4.57 Å². The molecule has 76 heavy (non-hydrogen) atoms. The number of allylic oxidation sites excluding steroid dienone is 20. The summed E-state index contributed by atoms with van der Waals surface area (Å²) in [6.07, 6.45) is 79.8. The van der Waals surface area contributed by atoms with Crippen LogP contribution in [0.1, 0.15) is 232 Å². The van der Waals surface area contributed by atoms with Crippen LogP contribution in [0.15, 0.2) is 122 Å². The van der Waals surface area contributed by atoms with Crippen LogP contribution in [0.4, 0.5) is 0 Å². The van der Waals surface area contributed by atoms with E-state index < -0.39 is 26.5 Å². The summed E-state index contributed by atoms with van der Waals surface area (Å²) in [7, 11) is 1.45. The summed E-state index contributed by atoms with van der Waals surface area (Å²) in [6, 6.07) is 0. The number of nitrogens with zero attached hydrogens (tertiary/aromatic N) is 1. The van der Waals surface area contributed by atoms with Gasteiger partial charge in [0.25, 0.3) is 0 Å². The molecular weight excluding hydrogens is 966 g/mol. The van der Waals surface area contributed by atoms with Gasteiger partial charge in [-0.3, -0.25) is 18.6 Å². The predicted octanol–water partition coefficient (Wildman–Crippen LogP) is 19.1. The number of carbonyl (C=O) groups is 2. The summed E-state index contributed by atoms with van der Waals surface area (Å²) in [5.41, 5.74) is 0. The maximum absolute atomic E-state index is 12.8. The summed E-state index contributed by atoms with van der Waals surface area (Å²) in [5, 5.41) is 0. The number of ether oxygens (including phenoxy) is 2. The second-order valence-electron chi connectivity index (χ2n) is 21.0. The molecule has 0 saturated carbocycles. The van der Waals surface area contributed by atoms with Crippen LogP contribution < -0.4 is 0 Å². The van der Waals surface area contributed by atoms with Gasteiger partial charge in [0, 0.05) is 12.8 Å². The lowest BCUT2D eigenvalue weighted by Crippen LogP contribution is -2.37. The number of esters is 2. The first-order valence-corrected chi connectivity index (χ1v) is 31.8. The molecule has 0 fully saturated rings. The zero-order chi connectivity index (χ0) is 55.6. The number of hydrogen-bond acceptors (Lipinski definition) is 7. The van der Waals surface area contributed by atoms with E-state index in [-0.39, 0.29) is 32.0 Å². The standard InChI is InChI=1S/C66H112NO8P/c1-6-8-10-12-14-16-18-20-22-24-25-26-27-28-29-30-31-32-33-34-35-36-37-38-39-40-41-43-45-47-49-51-53-55-57-59-66(69)75-64(63-74-76(70,71)73-61-60-67(3,4)5)62-72-65(68)58-56-54-52-50-48-46-44-42-23-21-19-17-15-13-11-9-7-2/h8,10,14,16,20-23,25-26,28-29,31-32,34-35,37-38,40-41,64H,6-7,9,11-13,15,17-19,24,27,30,33,36,39,42-63H2,1-5H3/p+1/b10-8-,16-14-,22-20-,23-21-,26-25-,29-28-,32-31-,35-34-,38-37-,41-40-. The first kappa shape index (κ1) is 72.4. The van der Waals surface area contributed by atoms with Crippen LogP contribution >= 0.6 is 7.82 Å². The number of hydrogen-bond donors (Lipinski definition) is 1. The fraction of sp³-hybridized carbons (Fsp3) is 0.667. The smallest absolute Gasteiger partial charge is 0.462 e. The number of carbonyl (C=O) groups excluding carboxylic acids is 2. The van der Waals surface area contributed by atoms with E-state index in [0.717, 1.165) is 116 Å². The van der Waals surface area contributed by atoms with Crippen molar-refractivity contribution in [2.24, 2.45) is 0 Å². The minimum atomic E-state index is -4.40. The molecule has 0 aliphatic heterocycles. The normalized spacial score (nSPS) is 14.1. The molecule has 1 N–H and O–H groups in total. The van der Waals surface area contributed by atoms with Gasteiger partial charge in [-0.2, -0.15) is 0 Å². The third-order valence-corrected chi connectivity index (χ3v) is 13.5. The fourth-order valence-electron chi connectivity index (χ4n) is 7.83. The Kier molecular flexibility index (Phi) is 53.5. The second-order valence-corrected chi connectivity index (χ2v) is 22.5.